The van der Waals surface area contributed by atoms with E-state index >= 15 is 0 Å². The summed E-state index contributed by atoms with van der Waals surface area (Å²) in [6.07, 6.45) is -0.635. The summed E-state index contributed by atoms with van der Waals surface area (Å²) in [6.45, 7) is 9.63. The number of amides is 3. The van der Waals surface area contributed by atoms with Gasteiger partial charge in [0.1, 0.15) is 30.1 Å². The van der Waals surface area contributed by atoms with E-state index in [4.69, 9.17) is 9.47 Å². The summed E-state index contributed by atoms with van der Waals surface area (Å²) < 4.78 is 12.6. The minimum atomic E-state index is -1.21. The van der Waals surface area contributed by atoms with Gasteiger partial charge in [-0.05, 0) is 26.7 Å². The summed E-state index contributed by atoms with van der Waals surface area (Å²) >= 11 is 0. The number of hydrogen-bond donors (Lipinski definition) is 2. The number of carboxylic acid groups (broad SMARTS) is 1. The van der Waals surface area contributed by atoms with Crippen molar-refractivity contribution in [3.63, 3.8) is 0 Å². The van der Waals surface area contributed by atoms with Crippen molar-refractivity contribution in [2.24, 2.45) is 5.92 Å². The topological polar surface area (TPSA) is 156 Å². The maximum absolute atomic E-state index is 13.3. The molecular weight excluding hydrogens is 448 g/mol. The van der Waals surface area contributed by atoms with Crippen molar-refractivity contribution in [3.8, 4) is 0 Å². The Hall–Kier alpha value is -3.38. The van der Waals surface area contributed by atoms with E-state index in [0.29, 0.717) is 18.9 Å². The molecule has 0 bridgehead atoms. The highest BCUT2D eigenvalue weighted by atomic mass is 16.6. The smallest absolute Gasteiger partial charge is 0.410 e. The fraction of sp³-hybridized carbons (Fsp3) is 0.714. The molecule has 3 rings (SSSR count). The molecule has 1 aromatic heterocycles. The van der Waals surface area contributed by atoms with Crippen LogP contribution in [0.3, 0.4) is 0 Å². The first kappa shape index (κ1) is 25.2. The van der Waals surface area contributed by atoms with E-state index < -0.39 is 47.9 Å². The summed E-state index contributed by atoms with van der Waals surface area (Å²) in [5.41, 5.74) is -0.757. The lowest BCUT2D eigenvalue weighted by molar-refractivity contribution is -0.149. The van der Waals surface area contributed by atoms with Crippen molar-refractivity contribution in [2.45, 2.75) is 77.9 Å². The molecule has 1 fully saturated rings. The minimum absolute atomic E-state index is 0.0475. The lowest BCUT2D eigenvalue weighted by atomic mass is 10.0. The molecule has 13 heteroatoms. The van der Waals surface area contributed by atoms with E-state index in [2.05, 4.69) is 15.5 Å². The zero-order chi connectivity index (χ0) is 25.2. The van der Waals surface area contributed by atoms with Crippen molar-refractivity contribution in [3.05, 3.63) is 12.2 Å². The second kappa shape index (κ2) is 9.85. The standard InChI is InChI=1S/C21H32N6O7/c1-12(2)16(23-19(31)34-21(3,4)5)17(28)27-9-13(8-14(27)18(29)30)33-20(32)25-6-7-26-11-22-24-15(26)10-25/h11-14,16H,6-10H2,1-5H3,(H,23,31)(H,29,30)/t13-,14+,16+/m1/s1. The van der Waals surface area contributed by atoms with Gasteiger partial charge in [0.15, 0.2) is 5.82 Å². The highest BCUT2D eigenvalue weighted by Gasteiger charge is 2.45. The Labute approximate surface area is 197 Å². The summed E-state index contributed by atoms with van der Waals surface area (Å²) in [7, 11) is 0. The molecule has 2 aliphatic rings. The second-order valence-electron chi connectivity index (χ2n) is 9.82. The van der Waals surface area contributed by atoms with Gasteiger partial charge < -0.3 is 29.4 Å². The molecule has 3 heterocycles. The normalized spacial score (nSPS) is 21.1. The minimum Gasteiger partial charge on any atom is -0.480 e. The number of alkyl carbamates (subject to hydrolysis) is 1. The number of likely N-dealkylation sites (tertiary alicyclic amines) is 1. The molecule has 3 atom stereocenters. The molecule has 0 spiro atoms. The molecule has 0 saturated carbocycles. The molecule has 2 N–H and O–H groups in total. The SMILES string of the molecule is CC(C)[C@H](NC(=O)OC(C)(C)C)C(=O)N1C[C@H](OC(=O)N2CCn3cnnc3C2)C[C@H]1C(=O)O. The van der Waals surface area contributed by atoms with Crippen LogP contribution >= 0.6 is 0 Å². The number of carbonyl (C=O) groups excluding carboxylic acids is 3. The van der Waals surface area contributed by atoms with Crippen LogP contribution in [0.4, 0.5) is 9.59 Å². The third-order valence-corrected chi connectivity index (χ3v) is 5.60. The average Bonchev–Trinajstić information content (AvgIpc) is 3.36. The molecule has 13 nitrogen and oxygen atoms in total. The molecule has 0 radical (unpaired) electrons. The van der Waals surface area contributed by atoms with Crippen LogP contribution in [0.15, 0.2) is 6.33 Å². The monoisotopic (exact) mass is 480 g/mol. The lowest BCUT2D eigenvalue weighted by Crippen LogP contribution is -2.54. The fourth-order valence-electron chi connectivity index (χ4n) is 3.93. The van der Waals surface area contributed by atoms with E-state index in [0.717, 1.165) is 4.90 Å². The molecule has 188 valence electrons. The largest absolute Gasteiger partial charge is 0.480 e. The Kier molecular flexibility index (Phi) is 7.32. The number of carbonyl (C=O) groups is 4. The lowest BCUT2D eigenvalue weighted by Gasteiger charge is -2.30. The number of ether oxygens (including phenoxy) is 2. The highest BCUT2D eigenvalue weighted by molar-refractivity contribution is 5.90. The third kappa shape index (κ3) is 5.94. The number of fused-ring (bicyclic) bond motifs is 1. The van der Waals surface area contributed by atoms with Crippen molar-refractivity contribution < 1.29 is 33.8 Å². The van der Waals surface area contributed by atoms with Gasteiger partial charge in [-0.2, -0.15) is 0 Å². The van der Waals surface area contributed by atoms with Crippen molar-refractivity contribution >= 4 is 24.1 Å². The number of carboxylic acids is 1. The average molecular weight is 481 g/mol. The number of hydrogen-bond acceptors (Lipinski definition) is 8. The fourth-order valence-corrected chi connectivity index (χ4v) is 3.93. The summed E-state index contributed by atoms with van der Waals surface area (Å²) in [4.78, 5) is 52.7. The zero-order valence-corrected chi connectivity index (χ0v) is 20.1. The predicted octanol–water partition coefficient (Wildman–Crippen LogP) is 0.834. The summed E-state index contributed by atoms with van der Waals surface area (Å²) in [5.74, 6) is -1.49. The highest BCUT2D eigenvalue weighted by Crippen LogP contribution is 2.24. The number of rotatable bonds is 5. The molecule has 0 aromatic carbocycles. The molecule has 34 heavy (non-hydrogen) atoms. The van der Waals surface area contributed by atoms with E-state index in [1.807, 2.05) is 4.57 Å². The molecule has 0 aliphatic carbocycles. The van der Waals surface area contributed by atoms with E-state index in [-0.39, 0.29) is 25.4 Å². The van der Waals surface area contributed by atoms with Gasteiger partial charge in [0.25, 0.3) is 0 Å². The first-order chi connectivity index (χ1) is 15.9. The van der Waals surface area contributed by atoms with Gasteiger partial charge in [0, 0.05) is 19.5 Å². The van der Waals surface area contributed by atoms with Crippen LogP contribution in [-0.4, -0.2) is 90.6 Å². The second-order valence-corrected chi connectivity index (χ2v) is 9.82. The molecule has 3 amide bonds. The van der Waals surface area contributed by atoms with Crippen LogP contribution in [0.25, 0.3) is 0 Å². The number of aliphatic carboxylic acids is 1. The summed E-state index contributed by atoms with van der Waals surface area (Å²) in [6, 6.07) is -2.18. The van der Waals surface area contributed by atoms with Crippen LogP contribution in [0.5, 0.6) is 0 Å². The number of nitrogens with zero attached hydrogens (tertiary/aromatic N) is 5. The van der Waals surface area contributed by atoms with Crippen molar-refractivity contribution in [1.82, 2.24) is 29.9 Å². The molecule has 0 unspecified atom stereocenters. The molecule has 1 aromatic rings. The van der Waals surface area contributed by atoms with E-state index in [9.17, 15) is 24.3 Å². The Bertz CT molecular complexity index is 940. The first-order valence-electron chi connectivity index (χ1n) is 11.2. The molecule has 2 aliphatic heterocycles. The van der Waals surface area contributed by atoms with Gasteiger partial charge in [-0.15, -0.1) is 10.2 Å². The zero-order valence-electron chi connectivity index (χ0n) is 20.1. The van der Waals surface area contributed by atoms with E-state index in [1.165, 1.54) is 4.90 Å². The number of nitrogens with one attached hydrogen (secondary N) is 1. The number of aromatic nitrogens is 3. The van der Waals surface area contributed by atoms with Crippen LogP contribution in [0, 0.1) is 5.92 Å². The van der Waals surface area contributed by atoms with Crippen LogP contribution in [-0.2, 0) is 32.2 Å². The van der Waals surface area contributed by atoms with Crippen LogP contribution in [0.2, 0.25) is 0 Å². The Morgan fingerprint density at radius 1 is 1.21 bits per heavy atom. The molecule has 1 saturated heterocycles. The van der Waals surface area contributed by atoms with Gasteiger partial charge in [-0.1, -0.05) is 13.8 Å². The Morgan fingerprint density at radius 2 is 1.91 bits per heavy atom. The van der Waals surface area contributed by atoms with Crippen LogP contribution in [0.1, 0.15) is 46.9 Å². The van der Waals surface area contributed by atoms with Gasteiger partial charge in [0.2, 0.25) is 5.91 Å². The first-order valence-corrected chi connectivity index (χ1v) is 11.2. The van der Waals surface area contributed by atoms with Crippen molar-refractivity contribution in [1.29, 1.82) is 0 Å². The van der Waals surface area contributed by atoms with E-state index in [1.54, 1.807) is 40.9 Å². The maximum Gasteiger partial charge on any atom is 0.410 e. The van der Waals surface area contributed by atoms with Gasteiger partial charge in [-0.25, -0.2) is 14.4 Å². The van der Waals surface area contributed by atoms with Crippen molar-refractivity contribution in [2.75, 3.05) is 13.1 Å². The predicted molar refractivity (Wildman–Crippen MR) is 116 cm³/mol. The van der Waals surface area contributed by atoms with Crippen LogP contribution < -0.4 is 5.32 Å². The Morgan fingerprint density at radius 3 is 2.53 bits per heavy atom. The summed E-state index contributed by atoms with van der Waals surface area (Å²) in [5, 5.41) is 20.0. The maximum atomic E-state index is 13.3. The van der Waals surface area contributed by atoms with Gasteiger partial charge in [0.05, 0.1) is 13.1 Å². The molecular formula is C21H32N6O7. The Balaban J connectivity index is 1.66. The van der Waals surface area contributed by atoms with Gasteiger partial charge >= 0.3 is 18.2 Å². The third-order valence-electron chi connectivity index (χ3n) is 5.60. The van der Waals surface area contributed by atoms with Gasteiger partial charge in [-0.3, -0.25) is 9.69 Å². The quantitative estimate of drug-likeness (QED) is 0.623.